The molecule has 1 heterocycles. The molecular weight excluding hydrogens is 228 g/mol. The first-order chi connectivity index (χ1) is 8.26. The van der Waals surface area contributed by atoms with Gasteiger partial charge in [-0.3, -0.25) is 9.69 Å². The SMILES string of the molecule is CC(C)CCN1CC(C)(C)CN(C)C(CO)C1=O. The second kappa shape index (κ2) is 6.02. The molecular formula is C14H28N2O2. The molecule has 4 heteroatoms. The van der Waals surface area contributed by atoms with Crippen LogP contribution in [0.25, 0.3) is 0 Å². The third-order valence-corrected chi connectivity index (χ3v) is 3.57. The monoisotopic (exact) mass is 256 g/mol. The van der Waals surface area contributed by atoms with Gasteiger partial charge in [0.25, 0.3) is 0 Å². The molecule has 18 heavy (non-hydrogen) atoms. The molecule has 4 nitrogen and oxygen atoms in total. The van der Waals surface area contributed by atoms with E-state index in [1.165, 1.54) is 0 Å². The molecule has 0 bridgehead atoms. The predicted octanol–water partition coefficient (Wildman–Crippen LogP) is 1.19. The summed E-state index contributed by atoms with van der Waals surface area (Å²) in [4.78, 5) is 16.3. The number of likely N-dealkylation sites (N-methyl/N-ethyl adjacent to an activating group) is 1. The lowest BCUT2D eigenvalue weighted by Gasteiger charge is -2.30. The Kier molecular flexibility index (Phi) is 5.17. The van der Waals surface area contributed by atoms with Gasteiger partial charge in [-0.1, -0.05) is 27.7 Å². The van der Waals surface area contributed by atoms with Crippen LogP contribution in [0.4, 0.5) is 0 Å². The zero-order chi connectivity index (χ0) is 13.9. The first kappa shape index (κ1) is 15.4. The maximum atomic E-state index is 12.4. The van der Waals surface area contributed by atoms with Gasteiger partial charge in [0.05, 0.1) is 6.61 Å². The molecule has 1 aliphatic rings. The van der Waals surface area contributed by atoms with E-state index in [9.17, 15) is 9.90 Å². The average Bonchev–Trinajstić information content (AvgIpc) is 2.30. The molecule has 1 aliphatic heterocycles. The molecule has 1 rings (SSSR count). The van der Waals surface area contributed by atoms with Crippen LogP contribution in [0.3, 0.4) is 0 Å². The number of rotatable bonds is 4. The topological polar surface area (TPSA) is 43.8 Å². The fourth-order valence-corrected chi connectivity index (χ4v) is 2.65. The lowest BCUT2D eigenvalue weighted by Crippen LogP contribution is -2.46. The van der Waals surface area contributed by atoms with Crippen molar-refractivity contribution < 1.29 is 9.90 Å². The highest BCUT2D eigenvalue weighted by Gasteiger charge is 2.37. The van der Waals surface area contributed by atoms with Crippen molar-refractivity contribution in [3.63, 3.8) is 0 Å². The number of hydrogen-bond donors (Lipinski definition) is 1. The highest BCUT2D eigenvalue weighted by atomic mass is 16.3. The standard InChI is InChI=1S/C14H28N2O2/c1-11(2)6-7-16-10-14(3,4)9-15(5)12(8-17)13(16)18/h11-12,17H,6-10H2,1-5H3. The molecule has 1 amide bonds. The Hall–Kier alpha value is -0.610. The summed E-state index contributed by atoms with van der Waals surface area (Å²) in [6.07, 6.45) is 1.02. The quantitative estimate of drug-likeness (QED) is 0.822. The van der Waals surface area contributed by atoms with Gasteiger partial charge in [-0.25, -0.2) is 0 Å². The second-order valence-corrected chi connectivity index (χ2v) is 6.72. The first-order valence-corrected chi connectivity index (χ1v) is 6.87. The van der Waals surface area contributed by atoms with Crippen LogP contribution in [0, 0.1) is 11.3 Å². The maximum absolute atomic E-state index is 12.4. The zero-order valence-electron chi connectivity index (χ0n) is 12.4. The number of amides is 1. The van der Waals surface area contributed by atoms with Gasteiger partial charge in [0.15, 0.2) is 0 Å². The number of carbonyl (C=O) groups excluding carboxylic acids is 1. The van der Waals surface area contributed by atoms with Gasteiger partial charge in [-0.15, -0.1) is 0 Å². The van der Waals surface area contributed by atoms with Gasteiger partial charge in [0.2, 0.25) is 5.91 Å². The van der Waals surface area contributed by atoms with Crippen LogP contribution in [-0.4, -0.2) is 60.1 Å². The van der Waals surface area contributed by atoms with Crippen molar-refractivity contribution in [2.75, 3.05) is 33.3 Å². The van der Waals surface area contributed by atoms with E-state index >= 15 is 0 Å². The predicted molar refractivity (Wildman–Crippen MR) is 73.3 cm³/mol. The molecule has 1 atom stereocenters. The van der Waals surface area contributed by atoms with Gasteiger partial charge in [-0.2, -0.15) is 0 Å². The van der Waals surface area contributed by atoms with E-state index in [4.69, 9.17) is 0 Å². The molecule has 0 saturated carbocycles. The van der Waals surface area contributed by atoms with E-state index in [2.05, 4.69) is 27.7 Å². The van der Waals surface area contributed by atoms with Crippen molar-refractivity contribution >= 4 is 5.91 Å². The Bertz CT molecular complexity index is 290. The largest absolute Gasteiger partial charge is 0.394 e. The first-order valence-electron chi connectivity index (χ1n) is 6.87. The van der Waals surface area contributed by atoms with E-state index < -0.39 is 0 Å². The van der Waals surface area contributed by atoms with E-state index in [1.807, 2.05) is 16.8 Å². The molecule has 106 valence electrons. The summed E-state index contributed by atoms with van der Waals surface area (Å²) in [5, 5.41) is 9.43. The molecule has 1 N–H and O–H groups in total. The molecule has 0 aromatic heterocycles. The summed E-state index contributed by atoms with van der Waals surface area (Å²) in [6.45, 7) is 11.0. The van der Waals surface area contributed by atoms with Crippen molar-refractivity contribution in [2.24, 2.45) is 11.3 Å². The summed E-state index contributed by atoms with van der Waals surface area (Å²) in [7, 11) is 1.92. The Morgan fingerprint density at radius 1 is 1.39 bits per heavy atom. The highest BCUT2D eigenvalue weighted by molar-refractivity contribution is 5.82. The smallest absolute Gasteiger partial charge is 0.242 e. The Morgan fingerprint density at radius 2 is 2.00 bits per heavy atom. The van der Waals surface area contributed by atoms with Gasteiger partial charge in [0, 0.05) is 19.6 Å². The number of nitrogens with zero attached hydrogens (tertiary/aromatic N) is 2. The highest BCUT2D eigenvalue weighted by Crippen LogP contribution is 2.24. The van der Waals surface area contributed by atoms with Crippen molar-refractivity contribution in [3.05, 3.63) is 0 Å². The van der Waals surface area contributed by atoms with Crippen LogP contribution in [0.2, 0.25) is 0 Å². The Labute approximate surface area is 111 Å². The molecule has 0 aliphatic carbocycles. The van der Waals surface area contributed by atoms with Gasteiger partial charge in [-0.05, 0) is 24.8 Å². The molecule has 0 aromatic rings. The van der Waals surface area contributed by atoms with E-state index in [1.54, 1.807) is 0 Å². The summed E-state index contributed by atoms with van der Waals surface area (Å²) >= 11 is 0. The lowest BCUT2D eigenvalue weighted by atomic mass is 9.92. The fraction of sp³-hybridized carbons (Fsp3) is 0.929. The van der Waals surface area contributed by atoms with Crippen LogP contribution in [0.5, 0.6) is 0 Å². The summed E-state index contributed by atoms with van der Waals surface area (Å²) in [6, 6.07) is -0.376. The van der Waals surface area contributed by atoms with Gasteiger partial charge >= 0.3 is 0 Å². The number of aliphatic hydroxyl groups excluding tert-OH is 1. The summed E-state index contributed by atoms with van der Waals surface area (Å²) in [5.74, 6) is 0.667. The minimum absolute atomic E-state index is 0.0747. The Morgan fingerprint density at radius 3 is 2.50 bits per heavy atom. The minimum Gasteiger partial charge on any atom is -0.394 e. The third kappa shape index (κ3) is 3.95. The number of carbonyl (C=O) groups is 1. The molecule has 1 fully saturated rings. The number of hydrogen-bond acceptors (Lipinski definition) is 3. The van der Waals surface area contributed by atoms with E-state index in [0.29, 0.717) is 5.92 Å². The maximum Gasteiger partial charge on any atom is 0.242 e. The summed E-state index contributed by atoms with van der Waals surface area (Å²) in [5.41, 5.74) is 0.0747. The van der Waals surface area contributed by atoms with Crippen LogP contribution in [0.15, 0.2) is 0 Å². The van der Waals surface area contributed by atoms with Gasteiger partial charge in [0.1, 0.15) is 6.04 Å². The third-order valence-electron chi connectivity index (χ3n) is 3.57. The van der Waals surface area contributed by atoms with E-state index in [-0.39, 0.29) is 24.0 Å². The number of aliphatic hydroxyl groups is 1. The average molecular weight is 256 g/mol. The Balaban J connectivity index is 2.82. The van der Waals surface area contributed by atoms with Crippen LogP contribution in [0.1, 0.15) is 34.1 Å². The van der Waals surface area contributed by atoms with Crippen molar-refractivity contribution in [1.82, 2.24) is 9.80 Å². The van der Waals surface area contributed by atoms with Gasteiger partial charge < -0.3 is 10.0 Å². The van der Waals surface area contributed by atoms with Crippen LogP contribution >= 0.6 is 0 Å². The second-order valence-electron chi connectivity index (χ2n) is 6.72. The summed E-state index contributed by atoms with van der Waals surface area (Å²) < 4.78 is 0. The normalized spacial score (nSPS) is 25.6. The van der Waals surface area contributed by atoms with Crippen LogP contribution < -0.4 is 0 Å². The minimum atomic E-state index is -0.376. The van der Waals surface area contributed by atoms with E-state index in [0.717, 1.165) is 26.1 Å². The fourth-order valence-electron chi connectivity index (χ4n) is 2.65. The zero-order valence-corrected chi connectivity index (χ0v) is 12.4. The molecule has 0 spiro atoms. The molecule has 1 unspecified atom stereocenters. The lowest BCUT2D eigenvalue weighted by molar-refractivity contribution is -0.136. The molecule has 0 aromatic carbocycles. The van der Waals surface area contributed by atoms with Crippen LogP contribution in [-0.2, 0) is 4.79 Å². The van der Waals surface area contributed by atoms with Crippen molar-refractivity contribution in [1.29, 1.82) is 0 Å². The van der Waals surface area contributed by atoms with Crippen molar-refractivity contribution in [3.8, 4) is 0 Å². The molecule has 1 saturated heterocycles. The molecule has 0 radical (unpaired) electrons. The van der Waals surface area contributed by atoms with Crippen molar-refractivity contribution in [2.45, 2.75) is 40.2 Å².